The summed E-state index contributed by atoms with van der Waals surface area (Å²) in [6, 6.07) is 0. The monoisotopic (exact) mass is 224 g/mol. The maximum absolute atomic E-state index is 11.5. The first-order valence-corrected chi connectivity index (χ1v) is 5.37. The Morgan fingerprint density at radius 1 is 1.31 bits per heavy atom. The van der Waals surface area contributed by atoms with Gasteiger partial charge in [-0.15, -0.1) is 0 Å². The topological polar surface area (TPSA) is 54.4 Å². The van der Waals surface area contributed by atoms with Crippen molar-refractivity contribution in [2.75, 3.05) is 0 Å². The molecule has 0 radical (unpaired) electrons. The van der Waals surface area contributed by atoms with Gasteiger partial charge in [0, 0.05) is 12.0 Å². The maximum atomic E-state index is 11.5. The lowest BCUT2D eigenvalue weighted by molar-refractivity contribution is -0.137. The van der Waals surface area contributed by atoms with E-state index in [1.807, 2.05) is 26.8 Å². The van der Waals surface area contributed by atoms with Gasteiger partial charge in [-0.3, -0.25) is 9.59 Å². The molecule has 0 aromatic carbocycles. The quantitative estimate of drug-likeness (QED) is 0.557. The fraction of sp³-hybridized carbons (Fsp3) is 0.538. The molecule has 0 amide bonds. The number of aliphatic carboxylic acids is 1. The highest BCUT2D eigenvalue weighted by Gasteiger charge is 2.26. The van der Waals surface area contributed by atoms with Gasteiger partial charge in [0.05, 0.1) is 0 Å². The number of carboxylic acids is 1. The molecule has 0 aromatic rings. The zero-order valence-electron chi connectivity index (χ0n) is 10.4. The largest absolute Gasteiger partial charge is 0.481 e. The van der Waals surface area contributed by atoms with Crippen LogP contribution in [-0.4, -0.2) is 16.9 Å². The van der Waals surface area contributed by atoms with Crippen LogP contribution in [0.15, 0.2) is 23.8 Å². The van der Waals surface area contributed by atoms with Crippen LogP contribution in [-0.2, 0) is 9.59 Å². The summed E-state index contributed by atoms with van der Waals surface area (Å²) in [6.07, 6.45) is 5.96. The number of hydrogen-bond donors (Lipinski definition) is 1. The Kier molecular flexibility index (Phi) is 5.72. The van der Waals surface area contributed by atoms with Crippen molar-refractivity contribution in [3.8, 4) is 0 Å². The first kappa shape index (κ1) is 14.6. The average molecular weight is 224 g/mol. The van der Waals surface area contributed by atoms with E-state index in [0.29, 0.717) is 12.0 Å². The molecule has 16 heavy (non-hydrogen) atoms. The molecule has 0 aliphatic rings. The Bertz CT molecular complexity index is 322. The lowest BCUT2D eigenvalue weighted by atomic mass is 9.78. The molecule has 0 spiro atoms. The molecule has 3 nitrogen and oxygen atoms in total. The van der Waals surface area contributed by atoms with E-state index >= 15 is 0 Å². The van der Waals surface area contributed by atoms with Crippen molar-refractivity contribution in [3.05, 3.63) is 23.8 Å². The third-order valence-corrected chi connectivity index (χ3v) is 2.53. The van der Waals surface area contributed by atoms with Gasteiger partial charge < -0.3 is 5.11 Å². The molecule has 0 aliphatic heterocycles. The SMILES string of the molecule is C/C=C/C=C(\C(C)=O)C(C)(C)CCC(=O)O. The summed E-state index contributed by atoms with van der Waals surface area (Å²) in [7, 11) is 0. The highest BCUT2D eigenvalue weighted by Crippen LogP contribution is 2.32. The first-order chi connectivity index (χ1) is 7.31. The van der Waals surface area contributed by atoms with Crippen molar-refractivity contribution in [2.24, 2.45) is 5.41 Å². The van der Waals surface area contributed by atoms with Gasteiger partial charge in [-0.05, 0) is 25.7 Å². The van der Waals surface area contributed by atoms with E-state index in [-0.39, 0.29) is 12.2 Å². The van der Waals surface area contributed by atoms with Gasteiger partial charge in [0.15, 0.2) is 5.78 Å². The number of rotatable bonds is 6. The highest BCUT2D eigenvalue weighted by molar-refractivity contribution is 5.94. The van der Waals surface area contributed by atoms with Crippen LogP contribution in [0.5, 0.6) is 0 Å². The number of hydrogen-bond acceptors (Lipinski definition) is 2. The Morgan fingerprint density at radius 2 is 1.88 bits per heavy atom. The van der Waals surface area contributed by atoms with Crippen LogP contribution < -0.4 is 0 Å². The molecule has 3 heteroatoms. The Morgan fingerprint density at radius 3 is 2.25 bits per heavy atom. The van der Waals surface area contributed by atoms with Crippen molar-refractivity contribution >= 4 is 11.8 Å². The summed E-state index contributed by atoms with van der Waals surface area (Å²) in [5.74, 6) is -0.838. The van der Waals surface area contributed by atoms with Crippen molar-refractivity contribution in [2.45, 2.75) is 40.5 Å². The molecular weight excluding hydrogens is 204 g/mol. The van der Waals surface area contributed by atoms with Crippen LogP contribution in [0, 0.1) is 5.41 Å². The van der Waals surface area contributed by atoms with Crippen LogP contribution in [0.25, 0.3) is 0 Å². The molecule has 0 fully saturated rings. The van der Waals surface area contributed by atoms with Crippen molar-refractivity contribution in [1.82, 2.24) is 0 Å². The molecular formula is C13H20O3. The van der Waals surface area contributed by atoms with E-state index in [1.54, 1.807) is 12.2 Å². The Balaban J connectivity index is 4.89. The maximum Gasteiger partial charge on any atom is 0.303 e. The Hall–Kier alpha value is -1.38. The summed E-state index contributed by atoms with van der Waals surface area (Å²) in [4.78, 5) is 22.0. The zero-order valence-corrected chi connectivity index (χ0v) is 10.4. The molecule has 0 aliphatic carbocycles. The average Bonchev–Trinajstić information content (AvgIpc) is 2.14. The third-order valence-electron chi connectivity index (χ3n) is 2.53. The lowest BCUT2D eigenvalue weighted by Gasteiger charge is -2.25. The number of ketones is 1. The molecule has 0 atom stereocenters. The summed E-state index contributed by atoms with van der Waals surface area (Å²) in [5.41, 5.74) is 0.274. The van der Waals surface area contributed by atoms with Crippen molar-refractivity contribution < 1.29 is 14.7 Å². The second-order valence-corrected chi connectivity index (χ2v) is 4.44. The minimum Gasteiger partial charge on any atom is -0.481 e. The summed E-state index contributed by atoms with van der Waals surface area (Å²) in [6.45, 7) is 7.18. The third kappa shape index (κ3) is 4.91. The predicted octanol–water partition coefficient (Wildman–Crippen LogP) is 2.97. The van der Waals surface area contributed by atoms with Crippen molar-refractivity contribution in [1.29, 1.82) is 0 Å². The van der Waals surface area contributed by atoms with E-state index < -0.39 is 11.4 Å². The van der Waals surface area contributed by atoms with Gasteiger partial charge in [0.2, 0.25) is 0 Å². The number of allylic oxidation sites excluding steroid dienone is 4. The minimum absolute atomic E-state index is 0.00603. The highest BCUT2D eigenvalue weighted by atomic mass is 16.4. The van der Waals surface area contributed by atoms with Gasteiger partial charge in [0.25, 0.3) is 0 Å². The second-order valence-electron chi connectivity index (χ2n) is 4.44. The van der Waals surface area contributed by atoms with Crippen molar-refractivity contribution in [3.63, 3.8) is 0 Å². The van der Waals surface area contributed by atoms with Gasteiger partial charge >= 0.3 is 5.97 Å². The number of carboxylic acid groups (broad SMARTS) is 1. The Labute approximate surface area is 96.9 Å². The molecule has 0 aromatic heterocycles. The fourth-order valence-corrected chi connectivity index (χ4v) is 1.57. The van der Waals surface area contributed by atoms with Crippen LogP contribution in [0.2, 0.25) is 0 Å². The number of carbonyl (C=O) groups is 2. The van der Waals surface area contributed by atoms with Gasteiger partial charge in [-0.1, -0.05) is 32.1 Å². The molecule has 90 valence electrons. The molecule has 0 heterocycles. The fourth-order valence-electron chi connectivity index (χ4n) is 1.57. The normalized spacial score (nSPS) is 13.1. The zero-order chi connectivity index (χ0) is 12.8. The first-order valence-electron chi connectivity index (χ1n) is 5.37. The van der Waals surface area contributed by atoms with E-state index in [2.05, 4.69) is 0 Å². The van der Waals surface area contributed by atoms with E-state index in [1.165, 1.54) is 6.92 Å². The molecule has 0 saturated carbocycles. The van der Waals surface area contributed by atoms with E-state index in [4.69, 9.17) is 5.11 Å². The second kappa shape index (κ2) is 6.26. The summed E-state index contributed by atoms with van der Waals surface area (Å²) in [5, 5.41) is 8.65. The molecule has 0 saturated heterocycles. The van der Waals surface area contributed by atoms with E-state index in [0.717, 1.165) is 0 Å². The smallest absolute Gasteiger partial charge is 0.303 e. The molecule has 0 bridgehead atoms. The van der Waals surface area contributed by atoms with Crippen LogP contribution >= 0.6 is 0 Å². The number of Topliss-reactive ketones (excluding diaryl/α,β-unsaturated/α-hetero) is 1. The summed E-state index contributed by atoms with van der Waals surface area (Å²) >= 11 is 0. The van der Waals surface area contributed by atoms with Gasteiger partial charge in [0.1, 0.15) is 0 Å². The molecule has 1 N–H and O–H groups in total. The van der Waals surface area contributed by atoms with Crippen LogP contribution in [0.1, 0.15) is 40.5 Å². The van der Waals surface area contributed by atoms with Crippen LogP contribution in [0.3, 0.4) is 0 Å². The minimum atomic E-state index is -0.831. The predicted molar refractivity (Wildman–Crippen MR) is 64.2 cm³/mol. The standard InChI is InChI=1S/C13H20O3/c1-5-6-7-11(10(2)14)13(3,4)9-8-12(15)16/h5-7H,8-9H2,1-4H3,(H,15,16)/b6-5+,11-7+. The molecule has 0 unspecified atom stereocenters. The van der Waals surface area contributed by atoms with Crippen LogP contribution in [0.4, 0.5) is 0 Å². The number of carbonyl (C=O) groups excluding carboxylic acids is 1. The van der Waals surface area contributed by atoms with Gasteiger partial charge in [-0.2, -0.15) is 0 Å². The molecule has 0 rings (SSSR count). The summed E-state index contributed by atoms with van der Waals surface area (Å²) < 4.78 is 0. The van der Waals surface area contributed by atoms with Gasteiger partial charge in [-0.25, -0.2) is 0 Å². The lowest BCUT2D eigenvalue weighted by Crippen LogP contribution is -2.21. The van der Waals surface area contributed by atoms with E-state index in [9.17, 15) is 9.59 Å².